The summed E-state index contributed by atoms with van der Waals surface area (Å²) in [6.45, 7) is 14.0. The molecule has 6 aromatic rings. The van der Waals surface area contributed by atoms with Crippen LogP contribution in [0.25, 0.3) is 21.2 Å². The maximum absolute atomic E-state index is 14.0. The molecule has 0 bridgehead atoms. The Morgan fingerprint density at radius 3 is 2.23 bits per heavy atom. The van der Waals surface area contributed by atoms with Gasteiger partial charge in [0.2, 0.25) is 23.6 Å². The number of halogens is 2. The number of nitrogens with zero attached hydrogens (tertiary/aromatic N) is 7. The van der Waals surface area contributed by atoms with Gasteiger partial charge in [-0.3, -0.25) is 24.1 Å². The highest BCUT2D eigenvalue weighted by atomic mass is 35.5. The Kier molecular flexibility index (Phi) is 23.8. The highest BCUT2D eigenvalue weighted by molar-refractivity contribution is 7.13. The first-order valence-corrected chi connectivity index (χ1v) is 30.0. The summed E-state index contributed by atoms with van der Waals surface area (Å²) in [7, 11) is 0. The van der Waals surface area contributed by atoms with E-state index in [-0.39, 0.29) is 57.2 Å². The van der Waals surface area contributed by atoms with E-state index in [2.05, 4.69) is 61.2 Å². The SMILES string of the molecule is Cc1ncsc1-c1ccc(CNC(=O)[C@@H]2C[C@@H](O)CN2C(=O)[C@@H](NC(=O)COCCOCCOCCOCCn2cc(CCCC(=O)N3CCN(CC(OCc4ccc5ccccc5c4)c4ccc(Cl)cc4Cl)CC3)nn2)C(C)(C)C)cc1. The number of hydrogen-bond donors (Lipinski definition) is 3. The fourth-order valence-corrected chi connectivity index (χ4v) is 11.4. The summed E-state index contributed by atoms with van der Waals surface area (Å²) < 4.78 is 30.8. The van der Waals surface area contributed by atoms with Crippen LogP contribution in [0, 0.1) is 12.3 Å². The van der Waals surface area contributed by atoms with Crippen molar-refractivity contribution in [2.45, 2.75) is 97.4 Å². The summed E-state index contributed by atoms with van der Waals surface area (Å²) >= 11 is 14.5. The Hall–Kier alpha value is -5.91. The number of ether oxygens (including phenoxy) is 5. The normalized spacial score (nSPS) is 16.6. The van der Waals surface area contributed by atoms with Gasteiger partial charge in [0.15, 0.2) is 0 Å². The molecule has 2 aromatic heterocycles. The van der Waals surface area contributed by atoms with Crippen LogP contribution in [0.2, 0.25) is 10.0 Å². The van der Waals surface area contributed by atoms with Gasteiger partial charge in [0.25, 0.3) is 0 Å². The van der Waals surface area contributed by atoms with E-state index in [0.29, 0.717) is 95.1 Å². The molecule has 8 rings (SSSR count). The lowest BCUT2D eigenvalue weighted by atomic mass is 9.85. The number of carbonyl (C=O) groups is 4. The number of carbonyl (C=O) groups excluding carboxylic acids is 4. The minimum absolute atomic E-state index is 0.0217. The van der Waals surface area contributed by atoms with Crippen molar-refractivity contribution in [2.24, 2.45) is 5.41 Å². The number of aliphatic hydroxyl groups excluding tert-OH is 1. The molecule has 22 heteroatoms. The lowest BCUT2D eigenvalue weighted by Crippen LogP contribution is -2.58. The second kappa shape index (κ2) is 31.3. The summed E-state index contributed by atoms with van der Waals surface area (Å²) in [6.07, 6.45) is 2.57. The first-order valence-electron chi connectivity index (χ1n) is 28.4. The van der Waals surface area contributed by atoms with Crippen molar-refractivity contribution in [3.8, 4) is 10.4 Å². The van der Waals surface area contributed by atoms with Gasteiger partial charge in [-0.15, -0.1) is 16.4 Å². The molecule has 0 radical (unpaired) electrons. The monoisotopic (exact) mass is 1200 g/mol. The van der Waals surface area contributed by atoms with Gasteiger partial charge in [-0.25, -0.2) is 9.67 Å². The standard InChI is InChI=1S/C61H77Cl2N9O10S/c1-42-57(83-41-65-42)46-16-12-43(13-17-46)35-64-59(76)53-34-50(73)37-72(53)60(77)58(61(2,3)4)66-55(74)40-81-31-30-80-29-28-79-27-26-78-25-24-71-36-49(67-68-71)10-7-11-56(75)70-22-20-69(21-23-70)38-54(51-19-18-48(62)33-52(51)63)82-39-44-14-15-45-8-5-6-9-47(45)32-44/h5-6,8-9,12-19,32-33,36,41,50,53-54,58,73H,7,10-11,20-31,34-35,37-40H2,1-4H3,(H,64,76)(H,66,74)/t50-,53+,54?,58-/m1/s1. The number of thiazole rings is 1. The highest BCUT2D eigenvalue weighted by Crippen LogP contribution is 2.32. The van der Waals surface area contributed by atoms with E-state index in [9.17, 15) is 24.3 Å². The number of rotatable bonds is 30. The number of fused-ring (bicyclic) bond motifs is 1. The van der Waals surface area contributed by atoms with Gasteiger partial charge in [0.05, 0.1) is 93.4 Å². The minimum Gasteiger partial charge on any atom is -0.391 e. The molecular weight excluding hydrogens is 1120 g/mol. The van der Waals surface area contributed by atoms with Crippen molar-refractivity contribution >= 4 is 68.9 Å². The lowest BCUT2D eigenvalue weighted by molar-refractivity contribution is -0.144. The quantitative estimate of drug-likeness (QED) is 0.0374. The molecule has 2 fully saturated rings. The highest BCUT2D eigenvalue weighted by Gasteiger charge is 2.44. The Balaban J connectivity index is 0.634. The van der Waals surface area contributed by atoms with Crippen LogP contribution in [0.3, 0.4) is 0 Å². The van der Waals surface area contributed by atoms with Crippen molar-refractivity contribution in [3.63, 3.8) is 0 Å². The third kappa shape index (κ3) is 19.0. The van der Waals surface area contributed by atoms with E-state index < -0.39 is 35.4 Å². The molecule has 446 valence electrons. The van der Waals surface area contributed by atoms with E-state index in [1.807, 2.05) is 92.8 Å². The zero-order valence-electron chi connectivity index (χ0n) is 47.8. The number of hydrogen-bond acceptors (Lipinski definition) is 15. The van der Waals surface area contributed by atoms with Crippen LogP contribution in [0.1, 0.15) is 74.2 Å². The van der Waals surface area contributed by atoms with E-state index in [1.54, 1.807) is 22.1 Å². The Morgan fingerprint density at radius 2 is 1.53 bits per heavy atom. The van der Waals surface area contributed by atoms with Crippen molar-refractivity contribution in [2.75, 3.05) is 92.1 Å². The number of β-amino-alcohol motifs (C(OH)–C–C–N with tert-alkyl or cyclic N) is 1. The van der Waals surface area contributed by atoms with E-state index in [1.165, 1.54) is 15.7 Å². The smallest absolute Gasteiger partial charge is 0.246 e. The Bertz CT molecular complexity index is 3060. The van der Waals surface area contributed by atoms with Crippen LogP contribution in [-0.4, -0.2) is 174 Å². The molecule has 0 aliphatic carbocycles. The fraction of sp³-hybridized carbons (Fsp3) is 0.492. The molecule has 1 unspecified atom stereocenters. The molecule has 19 nitrogen and oxygen atoms in total. The van der Waals surface area contributed by atoms with Crippen LogP contribution < -0.4 is 10.6 Å². The molecule has 2 aliphatic heterocycles. The van der Waals surface area contributed by atoms with E-state index in [0.717, 1.165) is 51.6 Å². The minimum atomic E-state index is -0.972. The summed E-state index contributed by atoms with van der Waals surface area (Å²) in [5.41, 5.74) is 6.79. The third-order valence-corrected chi connectivity index (χ3v) is 16.2. The molecule has 2 aliphatic rings. The van der Waals surface area contributed by atoms with Crippen LogP contribution in [0.4, 0.5) is 0 Å². The van der Waals surface area contributed by atoms with Crippen LogP contribution >= 0.6 is 34.5 Å². The summed E-state index contributed by atoms with van der Waals surface area (Å²) in [4.78, 5) is 64.7. The molecule has 3 N–H and O–H groups in total. The van der Waals surface area contributed by atoms with Gasteiger partial charge in [0.1, 0.15) is 18.7 Å². The number of nitrogens with one attached hydrogen (secondary N) is 2. The van der Waals surface area contributed by atoms with Gasteiger partial charge in [0, 0.05) is 80.5 Å². The number of aliphatic hydroxyl groups is 1. The summed E-state index contributed by atoms with van der Waals surface area (Å²) in [5.74, 6) is -1.18. The number of likely N-dealkylation sites (tertiary alicyclic amines) is 1. The van der Waals surface area contributed by atoms with Crippen LogP contribution in [-0.2, 0) is 69.0 Å². The topological polar surface area (TPSA) is 212 Å². The van der Waals surface area contributed by atoms with Gasteiger partial charge >= 0.3 is 0 Å². The number of aromatic nitrogens is 4. The first kappa shape index (κ1) is 63.1. The van der Waals surface area contributed by atoms with Gasteiger partial charge in [-0.1, -0.05) is 116 Å². The molecule has 4 atom stereocenters. The molecule has 4 amide bonds. The van der Waals surface area contributed by atoms with E-state index in [4.69, 9.17) is 46.9 Å². The van der Waals surface area contributed by atoms with Crippen molar-refractivity contribution in [3.05, 3.63) is 135 Å². The lowest BCUT2D eigenvalue weighted by Gasteiger charge is -2.36. The van der Waals surface area contributed by atoms with Crippen molar-refractivity contribution < 1.29 is 48.0 Å². The second-order valence-electron chi connectivity index (χ2n) is 22.0. The number of aryl methyl sites for hydroxylation is 2. The van der Waals surface area contributed by atoms with Crippen molar-refractivity contribution in [1.82, 2.24) is 45.3 Å². The average Bonchev–Trinajstić information content (AvgIpc) is 4.38. The Morgan fingerprint density at radius 1 is 0.831 bits per heavy atom. The third-order valence-electron chi connectivity index (χ3n) is 14.7. The van der Waals surface area contributed by atoms with Gasteiger partial charge in [-0.2, -0.15) is 0 Å². The fourth-order valence-electron chi connectivity index (χ4n) is 10.1. The second-order valence-corrected chi connectivity index (χ2v) is 23.7. The first-order chi connectivity index (χ1) is 40.1. The summed E-state index contributed by atoms with van der Waals surface area (Å²) in [5, 5.41) is 28.3. The predicted octanol–water partition coefficient (Wildman–Crippen LogP) is 7.47. The van der Waals surface area contributed by atoms with Gasteiger partial charge in [-0.05, 0) is 70.8 Å². The molecule has 0 spiro atoms. The molecule has 4 aromatic carbocycles. The largest absolute Gasteiger partial charge is 0.391 e. The van der Waals surface area contributed by atoms with Crippen LogP contribution in [0.5, 0.6) is 0 Å². The van der Waals surface area contributed by atoms with Gasteiger partial charge < -0.3 is 49.2 Å². The van der Waals surface area contributed by atoms with E-state index >= 15 is 0 Å². The number of benzene rings is 4. The van der Waals surface area contributed by atoms with Crippen molar-refractivity contribution in [1.29, 1.82) is 0 Å². The maximum atomic E-state index is 14.0. The molecular formula is C61H77Cl2N9O10S. The Labute approximate surface area is 499 Å². The summed E-state index contributed by atoms with van der Waals surface area (Å²) in [6, 6.07) is 26.2. The average molecular weight is 1200 g/mol. The number of piperazine rings is 1. The molecule has 0 saturated carbocycles. The zero-order chi connectivity index (χ0) is 58.7. The zero-order valence-corrected chi connectivity index (χ0v) is 50.1. The molecule has 2 saturated heterocycles. The molecule has 83 heavy (non-hydrogen) atoms. The number of amides is 4. The maximum Gasteiger partial charge on any atom is 0.246 e. The molecule has 4 heterocycles. The van der Waals surface area contributed by atoms with Crippen LogP contribution in [0.15, 0.2) is 96.6 Å². The predicted molar refractivity (Wildman–Crippen MR) is 319 cm³/mol.